The van der Waals surface area contributed by atoms with Crippen molar-refractivity contribution in [3.63, 3.8) is 0 Å². The van der Waals surface area contributed by atoms with Crippen LogP contribution in [-0.4, -0.2) is 51.6 Å². The molecular formula is C23H25N5O3. The molecule has 1 aromatic carbocycles. The third-order valence-electron chi connectivity index (χ3n) is 5.33. The van der Waals surface area contributed by atoms with E-state index in [4.69, 9.17) is 4.74 Å². The second-order valence-electron chi connectivity index (χ2n) is 7.37. The van der Waals surface area contributed by atoms with Crippen molar-refractivity contribution in [3.8, 4) is 17.1 Å². The minimum absolute atomic E-state index is 0.0433. The number of aromatic amines is 1. The van der Waals surface area contributed by atoms with Gasteiger partial charge in [-0.1, -0.05) is 18.2 Å². The highest BCUT2D eigenvalue weighted by Gasteiger charge is 2.29. The van der Waals surface area contributed by atoms with Crippen LogP contribution in [0.3, 0.4) is 0 Å². The molecule has 4 rings (SSSR count). The number of piperidine rings is 1. The third-order valence-corrected chi connectivity index (χ3v) is 5.33. The van der Waals surface area contributed by atoms with Gasteiger partial charge in [-0.05, 0) is 50.1 Å². The number of aromatic nitrogens is 3. The fraction of sp³-hybridized carbons (Fsp3) is 0.304. The molecule has 0 spiro atoms. The Morgan fingerprint density at radius 2 is 1.90 bits per heavy atom. The molecular weight excluding hydrogens is 394 g/mol. The number of rotatable bonds is 6. The van der Waals surface area contributed by atoms with Gasteiger partial charge in [0, 0.05) is 25.2 Å². The van der Waals surface area contributed by atoms with Crippen molar-refractivity contribution in [3.05, 3.63) is 60.4 Å². The second-order valence-corrected chi connectivity index (χ2v) is 7.37. The fourth-order valence-electron chi connectivity index (χ4n) is 3.68. The molecule has 8 heteroatoms. The molecule has 1 fully saturated rings. The van der Waals surface area contributed by atoms with E-state index in [1.165, 1.54) is 0 Å². The maximum absolute atomic E-state index is 12.8. The average Bonchev–Trinajstić information content (AvgIpc) is 3.31. The van der Waals surface area contributed by atoms with Gasteiger partial charge in [-0.2, -0.15) is 5.10 Å². The summed E-state index contributed by atoms with van der Waals surface area (Å²) >= 11 is 0. The van der Waals surface area contributed by atoms with E-state index < -0.39 is 0 Å². The summed E-state index contributed by atoms with van der Waals surface area (Å²) < 4.78 is 5.58. The number of carbonyl (C=O) groups excluding carboxylic acids is 2. The Hall–Kier alpha value is -3.68. The van der Waals surface area contributed by atoms with Crippen LogP contribution in [0.1, 0.15) is 30.3 Å². The molecule has 1 aliphatic rings. The third kappa shape index (κ3) is 4.74. The average molecular weight is 419 g/mol. The number of pyridine rings is 1. The van der Waals surface area contributed by atoms with Gasteiger partial charge in [-0.15, -0.1) is 0 Å². The summed E-state index contributed by atoms with van der Waals surface area (Å²) in [5.74, 6) is 0.354. The van der Waals surface area contributed by atoms with Gasteiger partial charge >= 0.3 is 0 Å². The minimum Gasteiger partial charge on any atom is -0.492 e. The number of nitrogens with zero attached hydrogens (tertiary/aromatic N) is 3. The van der Waals surface area contributed by atoms with Crippen LogP contribution in [0.4, 0.5) is 5.69 Å². The van der Waals surface area contributed by atoms with Crippen molar-refractivity contribution in [2.75, 3.05) is 25.0 Å². The van der Waals surface area contributed by atoms with Gasteiger partial charge in [-0.25, -0.2) is 0 Å². The van der Waals surface area contributed by atoms with Crippen LogP contribution in [0.25, 0.3) is 11.4 Å². The molecule has 160 valence electrons. The Morgan fingerprint density at radius 1 is 1.13 bits per heavy atom. The molecule has 2 N–H and O–H groups in total. The molecule has 2 amide bonds. The van der Waals surface area contributed by atoms with Crippen LogP contribution in [0.2, 0.25) is 0 Å². The lowest BCUT2D eigenvalue weighted by atomic mass is 9.95. The van der Waals surface area contributed by atoms with E-state index in [0.717, 1.165) is 0 Å². The lowest BCUT2D eigenvalue weighted by molar-refractivity contribution is -0.121. The van der Waals surface area contributed by atoms with E-state index >= 15 is 0 Å². The Morgan fingerprint density at radius 3 is 2.65 bits per heavy atom. The quantitative estimate of drug-likeness (QED) is 0.638. The SMILES string of the molecule is CCOc1ccccc1NC(=O)C1CCN(C(=O)c2cc(-c3ccccn3)n[nH]2)CC1. The van der Waals surface area contributed by atoms with E-state index in [2.05, 4.69) is 20.5 Å². The summed E-state index contributed by atoms with van der Waals surface area (Å²) in [7, 11) is 0. The number of ether oxygens (including phenoxy) is 1. The minimum atomic E-state index is -0.149. The number of benzene rings is 1. The van der Waals surface area contributed by atoms with Crippen molar-refractivity contribution in [2.45, 2.75) is 19.8 Å². The standard InChI is InChI=1S/C23H25N5O3/c1-2-31-21-9-4-3-8-18(21)25-22(29)16-10-13-28(14-11-16)23(30)20-15-19(26-27-20)17-7-5-6-12-24-17/h3-9,12,15-16H,2,10-11,13-14H2,1H3,(H,25,29)(H,26,27). The number of amides is 2. The van der Waals surface area contributed by atoms with Gasteiger partial charge in [0.1, 0.15) is 17.1 Å². The lowest BCUT2D eigenvalue weighted by Gasteiger charge is -2.31. The summed E-state index contributed by atoms with van der Waals surface area (Å²) in [4.78, 5) is 31.6. The van der Waals surface area contributed by atoms with Crippen LogP contribution in [0, 0.1) is 5.92 Å². The first kappa shape index (κ1) is 20.6. The number of hydrogen-bond donors (Lipinski definition) is 2. The number of para-hydroxylation sites is 2. The Kier molecular flexibility index (Phi) is 6.26. The summed E-state index contributed by atoms with van der Waals surface area (Å²) in [5, 5.41) is 9.99. The predicted octanol–water partition coefficient (Wildman–Crippen LogP) is 3.36. The monoisotopic (exact) mass is 419 g/mol. The molecule has 0 radical (unpaired) electrons. The normalized spacial score (nSPS) is 14.3. The van der Waals surface area contributed by atoms with Gasteiger partial charge in [0.2, 0.25) is 5.91 Å². The topological polar surface area (TPSA) is 100 Å². The molecule has 0 unspecified atom stereocenters. The molecule has 0 aliphatic carbocycles. The number of carbonyl (C=O) groups is 2. The zero-order valence-corrected chi connectivity index (χ0v) is 17.4. The first-order valence-electron chi connectivity index (χ1n) is 10.4. The van der Waals surface area contributed by atoms with Crippen molar-refractivity contribution in [1.29, 1.82) is 0 Å². The van der Waals surface area contributed by atoms with E-state index in [-0.39, 0.29) is 17.7 Å². The fourth-order valence-corrected chi connectivity index (χ4v) is 3.68. The summed E-state index contributed by atoms with van der Waals surface area (Å²) in [5.41, 5.74) is 2.44. The number of nitrogens with one attached hydrogen (secondary N) is 2. The zero-order valence-electron chi connectivity index (χ0n) is 17.4. The van der Waals surface area contributed by atoms with Gasteiger partial charge in [0.05, 0.1) is 18.0 Å². The van der Waals surface area contributed by atoms with Crippen LogP contribution in [0.5, 0.6) is 5.75 Å². The molecule has 31 heavy (non-hydrogen) atoms. The van der Waals surface area contributed by atoms with Crippen LogP contribution >= 0.6 is 0 Å². The first-order valence-corrected chi connectivity index (χ1v) is 10.4. The smallest absolute Gasteiger partial charge is 0.271 e. The van der Waals surface area contributed by atoms with Crippen LogP contribution < -0.4 is 10.1 Å². The molecule has 2 aromatic heterocycles. The van der Waals surface area contributed by atoms with Gasteiger partial charge < -0.3 is 15.0 Å². The lowest BCUT2D eigenvalue weighted by Crippen LogP contribution is -2.41. The number of hydrogen-bond acceptors (Lipinski definition) is 5. The van der Waals surface area contributed by atoms with E-state index in [0.29, 0.717) is 61.1 Å². The van der Waals surface area contributed by atoms with Crippen molar-refractivity contribution in [2.24, 2.45) is 5.92 Å². The molecule has 3 heterocycles. The Balaban J connectivity index is 1.34. The predicted molar refractivity (Wildman–Crippen MR) is 117 cm³/mol. The number of H-pyrrole nitrogens is 1. The highest BCUT2D eigenvalue weighted by Crippen LogP contribution is 2.26. The summed E-state index contributed by atoms with van der Waals surface area (Å²) in [6, 6.07) is 14.7. The molecule has 0 bridgehead atoms. The highest BCUT2D eigenvalue weighted by atomic mass is 16.5. The van der Waals surface area contributed by atoms with Crippen LogP contribution in [0.15, 0.2) is 54.7 Å². The zero-order chi connectivity index (χ0) is 21.6. The number of likely N-dealkylation sites (tertiary alicyclic amines) is 1. The van der Waals surface area contributed by atoms with E-state index in [1.807, 2.05) is 49.4 Å². The van der Waals surface area contributed by atoms with Gasteiger partial charge in [0.15, 0.2) is 0 Å². The molecule has 1 saturated heterocycles. The van der Waals surface area contributed by atoms with Gasteiger partial charge in [-0.3, -0.25) is 19.7 Å². The molecule has 3 aromatic rings. The van der Waals surface area contributed by atoms with Crippen molar-refractivity contribution >= 4 is 17.5 Å². The summed E-state index contributed by atoms with van der Waals surface area (Å²) in [6.07, 6.45) is 2.90. The largest absolute Gasteiger partial charge is 0.492 e. The molecule has 0 atom stereocenters. The van der Waals surface area contributed by atoms with Crippen molar-refractivity contribution < 1.29 is 14.3 Å². The van der Waals surface area contributed by atoms with Crippen molar-refractivity contribution in [1.82, 2.24) is 20.1 Å². The van der Waals surface area contributed by atoms with Gasteiger partial charge in [0.25, 0.3) is 5.91 Å². The Labute approximate surface area is 180 Å². The highest BCUT2D eigenvalue weighted by molar-refractivity contribution is 5.95. The Bertz CT molecular complexity index is 1040. The molecule has 8 nitrogen and oxygen atoms in total. The maximum Gasteiger partial charge on any atom is 0.271 e. The maximum atomic E-state index is 12.8. The van der Waals surface area contributed by atoms with Crippen LogP contribution in [-0.2, 0) is 4.79 Å². The molecule has 0 saturated carbocycles. The second kappa shape index (κ2) is 9.42. The first-order chi connectivity index (χ1) is 15.2. The van der Waals surface area contributed by atoms with E-state index in [1.54, 1.807) is 17.2 Å². The molecule has 1 aliphatic heterocycles. The number of anilines is 1. The van der Waals surface area contributed by atoms with E-state index in [9.17, 15) is 9.59 Å². The summed E-state index contributed by atoms with van der Waals surface area (Å²) in [6.45, 7) is 3.47.